The Morgan fingerprint density at radius 3 is 2.48 bits per heavy atom. The van der Waals surface area contributed by atoms with Gasteiger partial charge in [0.15, 0.2) is 0 Å². The lowest BCUT2D eigenvalue weighted by atomic mass is 9.80. The molecule has 1 amide bonds. The number of hydrogen-bond acceptors (Lipinski definition) is 3. The Labute approximate surface area is 127 Å². The van der Waals surface area contributed by atoms with Crippen LogP contribution in [0.1, 0.15) is 43.6 Å². The van der Waals surface area contributed by atoms with Gasteiger partial charge in [0.2, 0.25) is 0 Å². The first-order valence-electron chi connectivity index (χ1n) is 7.30. The fourth-order valence-electron chi connectivity index (χ4n) is 2.43. The second kappa shape index (κ2) is 6.94. The van der Waals surface area contributed by atoms with Crippen LogP contribution in [0, 0.1) is 18.3 Å². The molecule has 1 aromatic carbocycles. The van der Waals surface area contributed by atoms with Crippen molar-refractivity contribution in [2.45, 2.75) is 40.7 Å². The molecule has 1 unspecified atom stereocenters. The van der Waals surface area contributed by atoms with E-state index in [0.717, 1.165) is 11.3 Å². The molecule has 0 saturated heterocycles. The van der Waals surface area contributed by atoms with Gasteiger partial charge in [-0.25, -0.2) is 0 Å². The van der Waals surface area contributed by atoms with E-state index in [0.29, 0.717) is 12.1 Å². The van der Waals surface area contributed by atoms with Crippen LogP contribution in [0.5, 0.6) is 5.75 Å². The van der Waals surface area contributed by atoms with E-state index >= 15 is 0 Å². The van der Waals surface area contributed by atoms with Crippen LogP contribution in [0.4, 0.5) is 0 Å². The third-order valence-corrected chi connectivity index (χ3v) is 3.81. The number of amides is 1. The molecule has 0 aliphatic heterocycles. The molecule has 0 aliphatic carbocycles. The van der Waals surface area contributed by atoms with Crippen LogP contribution in [0.2, 0.25) is 0 Å². The number of carbonyl (C=O) groups excluding carboxylic acids is 1. The summed E-state index contributed by atoms with van der Waals surface area (Å²) < 4.78 is 5.14. The molecule has 118 valence electrons. The molecule has 1 atom stereocenters. The number of ether oxygens (including phenoxy) is 1. The fraction of sp³-hybridized carbons (Fsp3) is 0.588. The summed E-state index contributed by atoms with van der Waals surface area (Å²) in [5.74, 6) is 0.762. The van der Waals surface area contributed by atoms with Crippen LogP contribution < -0.4 is 10.1 Å². The SMILES string of the molecule is COc1ccc(C(=O)NCC(C)(C)C(O)C(C)C)c(C)c1. The number of aryl methyl sites for hydroxylation is 1. The molecule has 0 radical (unpaired) electrons. The number of nitrogens with one attached hydrogen (secondary N) is 1. The molecule has 0 saturated carbocycles. The van der Waals surface area contributed by atoms with Crippen molar-refractivity contribution in [3.8, 4) is 5.75 Å². The van der Waals surface area contributed by atoms with Gasteiger partial charge in [0.1, 0.15) is 5.75 Å². The molecular formula is C17H27NO3. The van der Waals surface area contributed by atoms with E-state index in [-0.39, 0.29) is 17.2 Å². The summed E-state index contributed by atoms with van der Waals surface area (Å²) in [4.78, 5) is 12.3. The van der Waals surface area contributed by atoms with Gasteiger partial charge >= 0.3 is 0 Å². The van der Waals surface area contributed by atoms with Crippen molar-refractivity contribution in [3.63, 3.8) is 0 Å². The summed E-state index contributed by atoms with van der Waals surface area (Å²) in [6, 6.07) is 5.37. The Balaban J connectivity index is 2.74. The zero-order chi connectivity index (χ0) is 16.2. The highest BCUT2D eigenvalue weighted by atomic mass is 16.5. The van der Waals surface area contributed by atoms with Crippen LogP contribution >= 0.6 is 0 Å². The van der Waals surface area contributed by atoms with E-state index in [1.165, 1.54) is 0 Å². The van der Waals surface area contributed by atoms with Crippen LogP contribution in [-0.2, 0) is 0 Å². The lowest BCUT2D eigenvalue weighted by Crippen LogP contribution is -2.43. The lowest BCUT2D eigenvalue weighted by Gasteiger charge is -2.33. The van der Waals surface area contributed by atoms with Gasteiger partial charge in [0.05, 0.1) is 13.2 Å². The molecule has 0 heterocycles. The highest BCUT2D eigenvalue weighted by Gasteiger charge is 2.30. The Kier molecular flexibility index (Phi) is 5.78. The number of hydrogen-bond donors (Lipinski definition) is 2. The molecule has 0 aliphatic rings. The Morgan fingerprint density at radius 1 is 1.38 bits per heavy atom. The van der Waals surface area contributed by atoms with Crippen molar-refractivity contribution in [1.82, 2.24) is 5.32 Å². The topological polar surface area (TPSA) is 58.6 Å². The number of methoxy groups -OCH3 is 1. The molecule has 4 nitrogen and oxygen atoms in total. The third kappa shape index (κ3) is 4.46. The van der Waals surface area contributed by atoms with E-state index < -0.39 is 6.10 Å². The molecule has 0 spiro atoms. The summed E-state index contributed by atoms with van der Waals surface area (Å²) in [6.45, 7) is 10.2. The largest absolute Gasteiger partial charge is 0.497 e. The molecule has 21 heavy (non-hydrogen) atoms. The van der Waals surface area contributed by atoms with Crippen LogP contribution in [0.3, 0.4) is 0 Å². The molecule has 0 aromatic heterocycles. The maximum Gasteiger partial charge on any atom is 0.251 e. The molecule has 1 aromatic rings. The van der Waals surface area contributed by atoms with Crippen molar-refractivity contribution in [3.05, 3.63) is 29.3 Å². The highest BCUT2D eigenvalue weighted by Crippen LogP contribution is 2.25. The summed E-state index contributed by atoms with van der Waals surface area (Å²) in [6.07, 6.45) is -0.463. The van der Waals surface area contributed by atoms with Gasteiger partial charge in [-0.05, 0) is 36.6 Å². The van der Waals surface area contributed by atoms with Gasteiger partial charge in [-0.1, -0.05) is 27.7 Å². The summed E-state index contributed by atoms with van der Waals surface area (Å²) >= 11 is 0. The van der Waals surface area contributed by atoms with Gasteiger partial charge in [0, 0.05) is 17.5 Å². The number of carbonyl (C=O) groups is 1. The smallest absolute Gasteiger partial charge is 0.251 e. The molecule has 0 bridgehead atoms. The third-order valence-electron chi connectivity index (χ3n) is 3.81. The molecule has 4 heteroatoms. The van der Waals surface area contributed by atoms with Crippen LogP contribution in [0.15, 0.2) is 18.2 Å². The summed E-state index contributed by atoms with van der Waals surface area (Å²) in [5, 5.41) is 13.1. The van der Waals surface area contributed by atoms with Crippen LogP contribution in [-0.4, -0.2) is 30.8 Å². The first-order valence-corrected chi connectivity index (χ1v) is 7.30. The van der Waals surface area contributed by atoms with E-state index in [1.54, 1.807) is 19.2 Å². The Bertz CT molecular complexity index is 495. The van der Waals surface area contributed by atoms with Gasteiger partial charge in [-0.15, -0.1) is 0 Å². The average molecular weight is 293 g/mol. The summed E-state index contributed by atoms with van der Waals surface area (Å²) in [7, 11) is 1.60. The minimum Gasteiger partial charge on any atom is -0.497 e. The minimum atomic E-state index is -0.463. The second-order valence-electron chi connectivity index (χ2n) is 6.54. The zero-order valence-corrected chi connectivity index (χ0v) is 13.9. The fourth-order valence-corrected chi connectivity index (χ4v) is 2.43. The second-order valence-corrected chi connectivity index (χ2v) is 6.54. The maximum absolute atomic E-state index is 12.3. The zero-order valence-electron chi connectivity index (χ0n) is 13.9. The van der Waals surface area contributed by atoms with E-state index in [2.05, 4.69) is 5.32 Å². The normalized spacial score (nSPS) is 13.1. The van der Waals surface area contributed by atoms with E-state index in [9.17, 15) is 9.90 Å². The number of rotatable bonds is 6. The van der Waals surface area contributed by atoms with Crippen molar-refractivity contribution in [2.75, 3.05) is 13.7 Å². The molecule has 1 rings (SSSR count). The first kappa shape index (κ1) is 17.5. The van der Waals surface area contributed by atoms with Crippen LogP contribution in [0.25, 0.3) is 0 Å². The molecular weight excluding hydrogens is 266 g/mol. The Morgan fingerprint density at radius 2 is 2.00 bits per heavy atom. The van der Waals surface area contributed by atoms with Gasteiger partial charge < -0.3 is 15.2 Å². The van der Waals surface area contributed by atoms with Gasteiger partial charge in [0.25, 0.3) is 5.91 Å². The van der Waals surface area contributed by atoms with E-state index in [4.69, 9.17) is 4.74 Å². The monoisotopic (exact) mass is 293 g/mol. The lowest BCUT2D eigenvalue weighted by molar-refractivity contribution is 0.0138. The molecule has 2 N–H and O–H groups in total. The number of benzene rings is 1. The minimum absolute atomic E-state index is 0.126. The maximum atomic E-state index is 12.3. The number of aliphatic hydroxyl groups is 1. The average Bonchev–Trinajstić information content (AvgIpc) is 2.43. The van der Waals surface area contributed by atoms with Gasteiger partial charge in [-0.2, -0.15) is 0 Å². The molecule has 0 fully saturated rings. The Hall–Kier alpha value is -1.55. The highest BCUT2D eigenvalue weighted by molar-refractivity contribution is 5.95. The first-order chi connectivity index (χ1) is 9.69. The predicted molar refractivity (Wildman–Crippen MR) is 84.7 cm³/mol. The van der Waals surface area contributed by atoms with Crippen molar-refractivity contribution in [1.29, 1.82) is 0 Å². The van der Waals surface area contributed by atoms with Gasteiger partial charge in [-0.3, -0.25) is 4.79 Å². The number of aliphatic hydroxyl groups excluding tert-OH is 1. The predicted octanol–water partition coefficient (Wildman–Crippen LogP) is 2.78. The van der Waals surface area contributed by atoms with Crippen molar-refractivity contribution in [2.24, 2.45) is 11.3 Å². The van der Waals surface area contributed by atoms with Crippen molar-refractivity contribution < 1.29 is 14.6 Å². The van der Waals surface area contributed by atoms with Crippen molar-refractivity contribution >= 4 is 5.91 Å². The quantitative estimate of drug-likeness (QED) is 0.848. The standard InChI is InChI=1S/C17H27NO3/c1-11(2)15(19)17(4,5)10-18-16(20)14-8-7-13(21-6)9-12(14)3/h7-9,11,15,19H,10H2,1-6H3,(H,18,20). The van der Waals surface area contributed by atoms with E-state index in [1.807, 2.05) is 40.7 Å². The summed E-state index contributed by atoms with van der Waals surface area (Å²) in [5.41, 5.74) is 1.13.